The number of carbonyl (C=O) groups excluding carboxylic acids is 1. The van der Waals surface area contributed by atoms with Gasteiger partial charge in [0.1, 0.15) is 5.75 Å². The van der Waals surface area contributed by atoms with E-state index in [1.54, 1.807) is 25.3 Å². The van der Waals surface area contributed by atoms with E-state index in [4.69, 9.17) is 18.8 Å². The fraction of sp³-hybridized carbons (Fsp3) is 0.533. The van der Waals surface area contributed by atoms with Crippen LogP contribution in [0, 0.1) is 0 Å². The van der Waals surface area contributed by atoms with Gasteiger partial charge in [-0.05, 0) is 51.4 Å². The Morgan fingerprint density at radius 3 is 2.10 bits per heavy atom. The van der Waals surface area contributed by atoms with Gasteiger partial charge in [-0.2, -0.15) is 0 Å². The minimum Gasteiger partial charge on any atom is -0.497 e. The lowest BCUT2D eigenvalue weighted by molar-refractivity contribution is 0.00578. The topological polar surface area (TPSA) is 54.0 Å². The maximum atomic E-state index is 11.7. The molecule has 0 N–H and O–H groups in total. The predicted molar refractivity (Wildman–Crippen MR) is 80.0 cm³/mol. The van der Waals surface area contributed by atoms with Gasteiger partial charge in [0.15, 0.2) is 0 Å². The van der Waals surface area contributed by atoms with E-state index in [0.29, 0.717) is 11.3 Å². The minimum absolute atomic E-state index is 0.404. The van der Waals surface area contributed by atoms with E-state index in [0.717, 1.165) is 5.46 Å². The molecule has 1 fully saturated rings. The molecular weight excluding hydrogens is 271 g/mol. The summed E-state index contributed by atoms with van der Waals surface area (Å²) in [5, 5.41) is 0. The number of rotatable bonds is 3. The van der Waals surface area contributed by atoms with Crippen LogP contribution in [-0.4, -0.2) is 38.5 Å². The van der Waals surface area contributed by atoms with E-state index >= 15 is 0 Å². The standard InChI is InChI=1S/C15H21BO5/c1-14(2)15(3,4)21-16(20-14)11-7-10(13(17)19-6)8-12(9-11)18-5/h7-9H,1-6H3. The third-order valence-electron chi connectivity index (χ3n) is 4.11. The van der Waals surface area contributed by atoms with Crippen LogP contribution >= 0.6 is 0 Å². The summed E-state index contributed by atoms with van der Waals surface area (Å²) in [6.45, 7) is 7.92. The van der Waals surface area contributed by atoms with Gasteiger partial charge in [0.05, 0.1) is 31.0 Å². The van der Waals surface area contributed by atoms with Gasteiger partial charge < -0.3 is 18.8 Å². The number of methoxy groups -OCH3 is 2. The zero-order chi connectivity index (χ0) is 15.8. The molecule has 0 aromatic heterocycles. The molecule has 1 aliphatic heterocycles. The summed E-state index contributed by atoms with van der Waals surface area (Å²) < 4.78 is 22.0. The van der Waals surface area contributed by atoms with Crippen LogP contribution in [-0.2, 0) is 14.0 Å². The average Bonchev–Trinajstić information content (AvgIpc) is 2.66. The molecule has 0 saturated carbocycles. The number of ether oxygens (including phenoxy) is 2. The molecular formula is C15H21BO5. The molecule has 0 amide bonds. The Morgan fingerprint density at radius 2 is 1.62 bits per heavy atom. The van der Waals surface area contributed by atoms with E-state index in [9.17, 15) is 4.79 Å². The zero-order valence-corrected chi connectivity index (χ0v) is 13.4. The maximum Gasteiger partial charge on any atom is 0.494 e. The Morgan fingerprint density at radius 1 is 1.05 bits per heavy atom. The van der Waals surface area contributed by atoms with Gasteiger partial charge in [0.25, 0.3) is 0 Å². The van der Waals surface area contributed by atoms with Gasteiger partial charge in [-0.15, -0.1) is 0 Å². The largest absolute Gasteiger partial charge is 0.497 e. The summed E-state index contributed by atoms with van der Waals surface area (Å²) in [6, 6.07) is 5.13. The highest BCUT2D eigenvalue weighted by molar-refractivity contribution is 6.62. The molecule has 2 rings (SSSR count). The first-order valence-corrected chi connectivity index (χ1v) is 6.83. The average molecular weight is 292 g/mol. The molecule has 0 aliphatic carbocycles. The van der Waals surface area contributed by atoms with Crippen molar-refractivity contribution in [2.45, 2.75) is 38.9 Å². The van der Waals surface area contributed by atoms with E-state index < -0.39 is 24.3 Å². The van der Waals surface area contributed by atoms with Crippen LogP contribution in [0.15, 0.2) is 18.2 Å². The van der Waals surface area contributed by atoms with Gasteiger partial charge >= 0.3 is 13.1 Å². The highest BCUT2D eigenvalue weighted by Gasteiger charge is 2.51. The number of hydrogen-bond donors (Lipinski definition) is 0. The summed E-state index contributed by atoms with van der Waals surface area (Å²) in [5.74, 6) is 0.134. The SMILES string of the molecule is COC(=O)c1cc(OC)cc(B2OC(C)(C)C(C)(C)O2)c1. The van der Waals surface area contributed by atoms with Crippen LogP contribution < -0.4 is 10.2 Å². The van der Waals surface area contributed by atoms with Crippen LogP contribution in [0.5, 0.6) is 5.75 Å². The summed E-state index contributed by atoms with van der Waals surface area (Å²) in [5.41, 5.74) is 0.258. The molecule has 0 radical (unpaired) electrons. The monoisotopic (exact) mass is 292 g/mol. The van der Waals surface area contributed by atoms with Crippen molar-refractivity contribution in [1.29, 1.82) is 0 Å². The maximum absolute atomic E-state index is 11.7. The van der Waals surface area contributed by atoms with E-state index in [-0.39, 0.29) is 0 Å². The molecule has 6 heteroatoms. The lowest BCUT2D eigenvalue weighted by Gasteiger charge is -2.32. The first-order valence-electron chi connectivity index (χ1n) is 6.83. The molecule has 5 nitrogen and oxygen atoms in total. The van der Waals surface area contributed by atoms with Crippen molar-refractivity contribution in [2.24, 2.45) is 0 Å². The Labute approximate surface area is 125 Å². The summed E-state index contributed by atoms with van der Waals surface area (Å²) in [6.07, 6.45) is 0. The number of esters is 1. The Bertz CT molecular complexity index is 537. The summed E-state index contributed by atoms with van der Waals surface area (Å²) >= 11 is 0. The van der Waals surface area contributed by atoms with Crippen LogP contribution in [0.4, 0.5) is 0 Å². The second-order valence-electron chi connectivity index (χ2n) is 6.07. The van der Waals surface area contributed by atoms with Crippen molar-refractivity contribution in [3.8, 4) is 5.75 Å². The third kappa shape index (κ3) is 2.92. The molecule has 1 aromatic rings. The quantitative estimate of drug-likeness (QED) is 0.628. The lowest BCUT2D eigenvalue weighted by atomic mass is 9.78. The molecule has 1 aliphatic rings. The molecule has 1 aromatic carbocycles. The molecule has 114 valence electrons. The summed E-state index contributed by atoms with van der Waals surface area (Å²) in [7, 11) is 2.34. The predicted octanol–water partition coefficient (Wildman–Crippen LogP) is 1.78. The van der Waals surface area contributed by atoms with E-state index in [1.807, 2.05) is 27.7 Å². The molecule has 0 bridgehead atoms. The molecule has 0 unspecified atom stereocenters. The van der Waals surface area contributed by atoms with Crippen molar-refractivity contribution in [2.75, 3.05) is 14.2 Å². The van der Waals surface area contributed by atoms with Gasteiger partial charge in [-0.3, -0.25) is 0 Å². The van der Waals surface area contributed by atoms with Crippen LogP contribution in [0.25, 0.3) is 0 Å². The molecule has 0 atom stereocenters. The molecule has 0 spiro atoms. The summed E-state index contributed by atoms with van der Waals surface area (Å²) in [4.78, 5) is 11.7. The van der Waals surface area contributed by atoms with Crippen LogP contribution in [0.1, 0.15) is 38.1 Å². The number of hydrogen-bond acceptors (Lipinski definition) is 5. The zero-order valence-electron chi connectivity index (χ0n) is 13.4. The van der Waals surface area contributed by atoms with Gasteiger partial charge in [-0.1, -0.05) is 0 Å². The normalized spacial score (nSPS) is 19.4. The minimum atomic E-state index is -0.548. The second-order valence-corrected chi connectivity index (χ2v) is 6.07. The van der Waals surface area contributed by atoms with Crippen molar-refractivity contribution in [3.63, 3.8) is 0 Å². The van der Waals surface area contributed by atoms with E-state index in [1.165, 1.54) is 7.11 Å². The molecule has 1 heterocycles. The van der Waals surface area contributed by atoms with Crippen molar-refractivity contribution >= 4 is 18.6 Å². The van der Waals surface area contributed by atoms with Crippen LogP contribution in [0.3, 0.4) is 0 Å². The highest BCUT2D eigenvalue weighted by atomic mass is 16.7. The molecule has 1 saturated heterocycles. The Kier molecular flexibility index (Phi) is 4.04. The van der Waals surface area contributed by atoms with Gasteiger partial charge in [0.2, 0.25) is 0 Å². The fourth-order valence-electron chi connectivity index (χ4n) is 2.09. The van der Waals surface area contributed by atoms with E-state index in [2.05, 4.69) is 0 Å². The van der Waals surface area contributed by atoms with Crippen molar-refractivity contribution in [1.82, 2.24) is 0 Å². The third-order valence-corrected chi connectivity index (χ3v) is 4.11. The van der Waals surface area contributed by atoms with Crippen LogP contribution in [0.2, 0.25) is 0 Å². The highest BCUT2D eigenvalue weighted by Crippen LogP contribution is 2.36. The number of benzene rings is 1. The van der Waals surface area contributed by atoms with Crippen molar-refractivity contribution in [3.05, 3.63) is 23.8 Å². The Balaban J connectivity index is 2.39. The second kappa shape index (κ2) is 5.35. The van der Waals surface area contributed by atoms with Gasteiger partial charge in [-0.25, -0.2) is 4.79 Å². The van der Waals surface area contributed by atoms with Gasteiger partial charge in [0, 0.05) is 0 Å². The smallest absolute Gasteiger partial charge is 0.494 e. The van der Waals surface area contributed by atoms with Crippen molar-refractivity contribution < 1.29 is 23.6 Å². The first-order chi connectivity index (χ1) is 9.70. The molecule has 21 heavy (non-hydrogen) atoms. The first kappa shape index (κ1) is 15.9. The lowest BCUT2D eigenvalue weighted by Crippen LogP contribution is -2.41. The fourth-order valence-corrected chi connectivity index (χ4v) is 2.09. The Hall–Kier alpha value is -1.53. The number of carbonyl (C=O) groups is 1.